The summed E-state index contributed by atoms with van der Waals surface area (Å²) in [5.41, 5.74) is 2.74. The van der Waals surface area contributed by atoms with Crippen molar-refractivity contribution in [2.24, 2.45) is 5.16 Å². The lowest BCUT2D eigenvalue weighted by atomic mass is 10.0. The lowest BCUT2D eigenvalue weighted by molar-refractivity contribution is 0.0645. The number of benzene rings is 3. The summed E-state index contributed by atoms with van der Waals surface area (Å²) in [6.45, 7) is 4.65. The van der Waals surface area contributed by atoms with Gasteiger partial charge < -0.3 is 15.1 Å². The summed E-state index contributed by atoms with van der Waals surface area (Å²) < 4.78 is 0. The highest BCUT2D eigenvalue weighted by Gasteiger charge is 2.26. The van der Waals surface area contributed by atoms with Crippen LogP contribution in [-0.2, 0) is 4.84 Å². The molecule has 1 aliphatic rings. The molecule has 1 atom stereocenters. The van der Waals surface area contributed by atoms with Gasteiger partial charge in [0.1, 0.15) is 0 Å². The van der Waals surface area contributed by atoms with Gasteiger partial charge >= 0.3 is 6.03 Å². The van der Waals surface area contributed by atoms with Gasteiger partial charge in [-0.3, -0.25) is 0 Å². The van der Waals surface area contributed by atoms with Crippen LogP contribution in [0.25, 0.3) is 10.8 Å². The number of hydrogen-bond acceptors (Lipinski definition) is 3. The first-order valence-corrected chi connectivity index (χ1v) is 9.67. The highest BCUT2D eigenvalue weighted by atomic mass is 16.6. The largest absolute Gasteiger partial charge is 0.390 e. The Bertz CT molecular complexity index is 1040. The normalized spacial score (nSPS) is 15.4. The summed E-state index contributed by atoms with van der Waals surface area (Å²) >= 11 is 0. The van der Waals surface area contributed by atoms with E-state index in [4.69, 9.17) is 4.84 Å². The molecule has 0 spiro atoms. The second kappa shape index (κ2) is 8.61. The Morgan fingerprint density at radius 2 is 1.86 bits per heavy atom. The van der Waals surface area contributed by atoms with Gasteiger partial charge in [-0.15, -0.1) is 6.58 Å². The zero-order valence-corrected chi connectivity index (χ0v) is 16.1. The summed E-state index contributed by atoms with van der Waals surface area (Å²) in [6.07, 6.45) is 2.21. The molecule has 29 heavy (non-hydrogen) atoms. The van der Waals surface area contributed by atoms with E-state index < -0.39 is 0 Å². The average Bonchev–Trinajstić information content (AvgIpc) is 3.23. The number of anilines is 1. The van der Waals surface area contributed by atoms with Gasteiger partial charge in [-0.25, -0.2) is 4.79 Å². The summed E-state index contributed by atoms with van der Waals surface area (Å²) in [6, 6.07) is 23.6. The summed E-state index contributed by atoms with van der Waals surface area (Å²) in [5, 5.41) is 9.34. The molecule has 0 aromatic heterocycles. The second-order valence-corrected chi connectivity index (χ2v) is 6.99. The lowest BCUT2D eigenvalue weighted by Crippen LogP contribution is -2.40. The number of nitrogens with one attached hydrogen (secondary N) is 1. The van der Waals surface area contributed by atoms with Gasteiger partial charge in [-0.05, 0) is 17.0 Å². The first-order valence-electron chi connectivity index (χ1n) is 9.67. The molecule has 5 heteroatoms. The van der Waals surface area contributed by atoms with Crippen LogP contribution in [0.2, 0.25) is 0 Å². The van der Waals surface area contributed by atoms with E-state index in [0.29, 0.717) is 19.5 Å². The number of fused-ring (bicyclic) bond motifs is 1. The molecule has 0 fully saturated rings. The lowest BCUT2D eigenvalue weighted by Gasteiger charge is -2.24. The Morgan fingerprint density at radius 1 is 1.10 bits per heavy atom. The maximum absolute atomic E-state index is 13.0. The van der Waals surface area contributed by atoms with Gasteiger partial charge in [0.05, 0.1) is 17.9 Å². The Balaban J connectivity index is 1.44. The predicted molar refractivity (Wildman–Crippen MR) is 117 cm³/mol. The quantitative estimate of drug-likeness (QED) is 0.604. The zero-order chi connectivity index (χ0) is 20.1. The predicted octanol–water partition coefficient (Wildman–Crippen LogP) is 5.05. The monoisotopic (exact) mass is 385 g/mol. The molecule has 3 aromatic carbocycles. The second-order valence-electron chi connectivity index (χ2n) is 6.99. The average molecular weight is 385 g/mol. The number of urea groups is 1. The Kier molecular flexibility index (Phi) is 5.56. The Labute approximate surface area is 170 Å². The number of rotatable bonds is 6. The van der Waals surface area contributed by atoms with Crippen LogP contribution >= 0.6 is 0 Å². The van der Waals surface area contributed by atoms with Crippen LogP contribution in [0.15, 0.2) is 90.6 Å². The molecule has 3 aromatic rings. The summed E-state index contributed by atoms with van der Waals surface area (Å²) in [7, 11) is 0. The molecule has 0 radical (unpaired) electrons. The molecule has 5 nitrogen and oxygen atoms in total. The Hall–Kier alpha value is -3.60. The van der Waals surface area contributed by atoms with Crippen LogP contribution in [0, 0.1) is 0 Å². The van der Waals surface area contributed by atoms with Crippen molar-refractivity contribution >= 4 is 28.2 Å². The maximum atomic E-state index is 13.0. The van der Waals surface area contributed by atoms with Crippen molar-refractivity contribution in [3.63, 3.8) is 0 Å². The van der Waals surface area contributed by atoms with E-state index in [1.54, 1.807) is 11.0 Å². The van der Waals surface area contributed by atoms with Crippen molar-refractivity contribution in [1.82, 2.24) is 4.90 Å². The molecule has 1 heterocycles. The molecule has 1 aliphatic heterocycles. The van der Waals surface area contributed by atoms with Crippen LogP contribution in [0.4, 0.5) is 10.5 Å². The molecule has 2 amide bonds. The number of oxime groups is 1. The van der Waals surface area contributed by atoms with Crippen molar-refractivity contribution in [2.75, 3.05) is 18.4 Å². The first-order chi connectivity index (χ1) is 14.2. The molecular weight excluding hydrogens is 362 g/mol. The smallest absolute Gasteiger partial charge is 0.322 e. The zero-order valence-electron chi connectivity index (χ0n) is 16.1. The van der Waals surface area contributed by atoms with E-state index in [9.17, 15) is 4.79 Å². The van der Waals surface area contributed by atoms with E-state index in [1.807, 2.05) is 72.8 Å². The SMILES string of the molecule is C=CCN(CC1CC(c2ccccc2)=NO1)C(=O)Nc1cccc2ccccc12. The third kappa shape index (κ3) is 4.29. The third-order valence-electron chi connectivity index (χ3n) is 4.93. The molecule has 1 unspecified atom stereocenters. The van der Waals surface area contributed by atoms with E-state index in [0.717, 1.165) is 27.7 Å². The number of carbonyl (C=O) groups excluding carboxylic acids is 1. The first kappa shape index (κ1) is 18.7. The number of hydrogen-bond donors (Lipinski definition) is 1. The molecule has 0 bridgehead atoms. The van der Waals surface area contributed by atoms with Gasteiger partial charge in [-0.2, -0.15) is 0 Å². The third-order valence-corrected chi connectivity index (χ3v) is 4.93. The van der Waals surface area contributed by atoms with Crippen molar-refractivity contribution < 1.29 is 9.63 Å². The van der Waals surface area contributed by atoms with Crippen LogP contribution in [0.1, 0.15) is 12.0 Å². The standard InChI is InChI=1S/C24H23N3O2/c1-2-15-27(17-20-16-23(26-29-20)19-10-4-3-5-11-19)24(28)25-22-14-8-12-18-9-6-7-13-21(18)22/h2-14,20H,1,15-17H2,(H,25,28). The maximum Gasteiger partial charge on any atom is 0.322 e. The molecule has 0 aliphatic carbocycles. The molecule has 146 valence electrons. The van der Waals surface area contributed by atoms with E-state index >= 15 is 0 Å². The van der Waals surface area contributed by atoms with Crippen LogP contribution in [0.5, 0.6) is 0 Å². The minimum atomic E-state index is -0.182. The Morgan fingerprint density at radius 3 is 2.69 bits per heavy atom. The molecule has 0 saturated carbocycles. The summed E-state index contributed by atoms with van der Waals surface area (Å²) in [4.78, 5) is 20.3. The fourth-order valence-electron chi connectivity index (χ4n) is 3.50. The highest BCUT2D eigenvalue weighted by molar-refractivity contribution is 6.02. The van der Waals surface area contributed by atoms with Crippen LogP contribution < -0.4 is 5.32 Å². The fourth-order valence-corrected chi connectivity index (χ4v) is 3.50. The van der Waals surface area contributed by atoms with Gasteiger partial charge in [0.15, 0.2) is 6.10 Å². The molecule has 1 N–H and O–H groups in total. The molecule has 0 saturated heterocycles. The molecular formula is C24H23N3O2. The van der Waals surface area contributed by atoms with Crippen molar-refractivity contribution in [3.8, 4) is 0 Å². The number of nitrogens with zero attached hydrogens (tertiary/aromatic N) is 2. The van der Waals surface area contributed by atoms with Gasteiger partial charge in [0, 0.05) is 18.4 Å². The number of amides is 2. The minimum absolute atomic E-state index is 0.177. The van der Waals surface area contributed by atoms with Crippen molar-refractivity contribution in [1.29, 1.82) is 0 Å². The van der Waals surface area contributed by atoms with Crippen LogP contribution in [0.3, 0.4) is 0 Å². The van der Waals surface area contributed by atoms with Crippen molar-refractivity contribution in [3.05, 3.63) is 91.0 Å². The molecule has 4 rings (SSSR count). The highest BCUT2D eigenvalue weighted by Crippen LogP contribution is 2.24. The van der Waals surface area contributed by atoms with E-state index in [-0.39, 0.29) is 12.1 Å². The van der Waals surface area contributed by atoms with Crippen molar-refractivity contribution in [2.45, 2.75) is 12.5 Å². The fraction of sp³-hybridized carbons (Fsp3) is 0.167. The van der Waals surface area contributed by atoms with E-state index in [2.05, 4.69) is 17.1 Å². The van der Waals surface area contributed by atoms with E-state index in [1.165, 1.54) is 0 Å². The van der Waals surface area contributed by atoms with Gasteiger partial charge in [0.2, 0.25) is 0 Å². The summed E-state index contributed by atoms with van der Waals surface area (Å²) in [5.74, 6) is 0. The van der Waals surface area contributed by atoms with Gasteiger partial charge in [-0.1, -0.05) is 78.0 Å². The number of carbonyl (C=O) groups is 1. The minimum Gasteiger partial charge on any atom is -0.390 e. The van der Waals surface area contributed by atoms with Crippen LogP contribution in [-0.4, -0.2) is 35.8 Å². The topological polar surface area (TPSA) is 53.9 Å². The van der Waals surface area contributed by atoms with Gasteiger partial charge in [0.25, 0.3) is 0 Å².